The van der Waals surface area contributed by atoms with Crippen molar-refractivity contribution in [3.05, 3.63) is 18.0 Å². The molecule has 2 rings (SSSR count). The van der Waals surface area contributed by atoms with Gasteiger partial charge in [0.2, 0.25) is 0 Å². The number of hydrogen-bond acceptors (Lipinski definition) is 1. The Bertz CT molecular complexity index is 223. The van der Waals surface area contributed by atoms with Crippen LogP contribution in [0.25, 0.3) is 0 Å². The Kier molecular flexibility index (Phi) is 1.26. The standard InChI is InChI=1S/C8H11N2/c1-10-6-5-8(9-10)7-3-2-4-7/h5,7H,2-4H2,1H3. The summed E-state index contributed by atoms with van der Waals surface area (Å²) >= 11 is 0. The van der Waals surface area contributed by atoms with Crippen molar-refractivity contribution in [1.82, 2.24) is 9.78 Å². The van der Waals surface area contributed by atoms with E-state index in [1.54, 1.807) is 4.68 Å². The molecular formula is C8H11N2. The second kappa shape index (κ2) is 2.11. The summed E-state index contributed by atoms with van der Waals surface area (Å²) in [5.41, 5.74) is 1.23. The molecule has 1 heterocycles. The van der Waals surface area contributed by atoms with Crippen molar-refractivity contribution in [3.63, 3.8) is 0 Å². The molecule has 1 aromatic rings. The molecule has 0 N–H and O–H groups in total. The number of nitrogens with zero attached hydrogens (tertiary/aromatic N) is 2. The molecule has 0 aliphatic heterocycles. The van der Waals surface area contributed by atoms with Gasteiger partial charge in [-0.3, -0.25) is 4.68 Å². The lowest BCUT2D eigenvalue weighted by Crippen LogP contribution is -2.09. The van der Waals surface area contributed by atoms with Crippen molar-refractivity contribution < 1.29 is 0 Å². The van der Waals surface area contributed by atoms with Crippen LogP contribution >= 0.6 is 0 Å². The topological polar surface area (TPSA) is 17.8 Å². The van der Waals surface area contributed by atoms with E-state index in [9.17, 15) is 0 Å². The fourth-order valence-electron chi connectivity index (χ4n) is 1.29. The van der Waals surface area contributed by atoms with E-state index in [2.05, 4.69) is 11.3 Å². The second-order valence-electron chi connectivity index (χ2n) is 2.95. The Morgan fingerprint density at radius 3 is 2.90 bits per heavy atom. The first kappa shape index (κ1) is 5.96. The van der Waals surface area contributed by atoms with E-state index < -0.39 is 0 Å². The lowest BCUT2D eigenvalue weighted by molar-refractivity contribution is 0.408. The highest BCUT2D eigenvalue weighted by atomic mass is 15.2. The molecule has 10 heavy (non-hydrogen) atoms. The van der Waals surface area contributed by atoms with E-state index in [4.69, 9.17) is 0 Å². The third-order valence-corrected chi connectivity index (χ3v) is 2.19. The molecule has 0 spiro atoms. The molecule has 1 radical (unpaired) electrons. The van der Waals surface area contributed by atoms with Crippen LogP contribution in [0.2, 0.25) is 0 Å². The highest BCUT2D eigenvalue weighted by Crippen LogP contribution is 2.34. The Hall–Kier alpha value is -0.790. The van der Waals surface area contributed by atoms with Crippen LogP contribution in [0.1, 0.15) is 30.9 Å². The number of aryl methyl sites for hydroxylation is 1. The van der Waals surface area contributed by atoms with E-state index in [0.29, 0.717) is 0 Å². The van der Waals surface area contributed by atoms with Gasteiger partial charge in [0.1, 0.15) is 0 Å². The maximum atomic E-state index is 4.29. The molecule has 53 valence electrons. The lowest BCUT2D eigenvalue weighted by atomic mass is 9.83. The van der Waals surface area contributed by atoms with Gasteiger partial charge in [0.15, 0.2) is 0 Å². The van der Waals surface area contributed by atoms with Crippen molar-refractivity contribution >= 4 is 0 Å². The first-order chi connectivity index (χ1) is 4.86. The zero-order valence-electron chi connectivity index (χ0n) is 6.17. The summed E-state index contributed by atoms with van der Waals surface area (Å²) in [4.78, 5) is 0. The highest BCUT2D eigenvalue weighted by Gasteiger charge is 2.21. The molecule has 0 bridgehead atoms. The fraction of sp³-hybridized carbons (Fsp3) is 0.625. The molecule has 1 aliphatic rings. The molecule has 1 fully saturated rings. The van der Waals surface area contributed by atoms with Gasteiger partial charge in [-0.2, -0.15) is 5.10 Å². The molecule has 0 saturated heterocycles. The van der Waals surface area contributed by atoms with Crippen LogP contribution in [-0.2, 0) is 7.05 Å². The van der Waals surface area contributed by atoms with Crippen LogP contribution < -0.4 is 0 Å². The van der Waals surface area contributed by atoms with E-state index in [1.165, 1.54) is 25.0 Å². The largest absolute Gasteiger partial charge is 0.266 e. The average molecular weight is 135 g/mol. The van der Waals surface area contributed by atoms with Gasteiger partial charge in [0.25, 0.3) is 0 Å². The maximum Gasteiger partial charge on any atom is 0.0862 e. The van der Waals surface area contributed by atoms with Crippen molar-refractivity contribution in [2.75, 3.05) is 0 Å². The van der Waals surface area contributed by atoms with Gasteiger partial charge in [0.05, 0.1) is 11.9 Å². The molecule has 1 aliphatic carbocycles. The van der Waals surface area contributed by atoms with Crippen LogP contribution in [0.5, 0.6) is 0 Å². The minimum Gasteiger partial charge on any atom is -0.266 e. The molecule has 0 atom stereocenters. The number of aromatic nitrogens is 2. The molecule has 1 aromatic heterocycles. The summed E-state index contributed by atoms with van der Waals surface area (Å²) < 4.78 is 1.76. The monoisotopic (exact) mass is 135 g/mol. The smallest absolute Gasteiger partial charge is 0.0862 e. The van der Waals surface area contributed by atoms with Gasteiger partial charge in [-0.05, 0) is 18.9 Å². The predicted octanol–water partition coefficient (Wildman–Crippen LogP) is 1.49. The summed E-state index contributed by atoms with van der Waals surface area (Å²) in [7, 11) is 1.92. The van der Waals surface area contributed by atoms with Gasteiger partial charge < -0.3 is 0 Å². The Morgan fingerprint density at radius 1 is 1.70 bits per heavy atom. The molecular weight excluding hydrogens is 124 g/mol. The molecule has 0 unspecified atom stereocenters. The Labute approximate surface area is 60.9 Å². The quantitative estimate of drug-likeness (QED) is 0.570. The van der Waals surface area contributed by atoms with Crippen molar-refractivity contribution in [3.8, 4) is 0 Å². The summed E-state index contributed by atoms with van der Waals surface area (Å²) in [6.07, 6.45) is 7.05. The van der Waals surface area contributed by atoms with Gasteiger partial charge in [-0.1, -0.05) is 6.42 Å². The van der Waals surface area contributed by atoms with Crippen molar-refractivity contribution in [2.24, 2.45) is 7.05 Å². The van der Waals surface area contributed by atoms with Gasteiger partial charge in [0, 0.05) is 13.0 Å². The van der Waals surface area contributed by atoms with Crippen LogP contribution in [0, 0.1) is 6.20 Å². The van der Waals surface area contributed by atoms with E-state index in [0.717, 1.165) is 5.92 Å². The number of hydrogen-bond donors (Lipinski definition) is 0. The maximum absolute atomic E-state index is 4.29. The number of rotatable bonds is 1. The molecule has 1 saturated carbocycles. The van der Waals surface area contributed by atoms with Crippen molar-refractivity contribution in [2.45, 2.75) is 25.2 Å². The first-order valence-electron chi connectivity index (χ1n) is 3.78. The SMILES string of the molecule is Cn1[c]cc(C2CCC2)n1. The second-order valence-corrected chi connectivity index (χ2v) is 2.95. The van der Waals surface area contributed by atoms with Gasteiger partial charge in [-0.15, -0.1) is 0 Å². The van der Waals surface area contributed by atoms with Gasteiger partial charge in [-0.25, -0.2) is 0 Å². The Morgan fingerprint density at radius 2 is 2.50 bits per heavy atom. The summed E-state index contributed by atoms with van der Waals surface area (Å²) in [6, 6.07) is 2.00. The molecule has 2 heteroatoms. The molecule has 2 nitrogen and oxygen atoms in total. The third-order valence-electron chi connectivity index (χ3n) is 2.19. The fourth-order valence-corrected chi connectivity index (χ4v) is 1.29. The lowest BCUT2D eigenvalue weighted by Gasteiger charge is -2.22. The average Bonchev–Trinajstić information content (AvgIpc) is 2.10. The van der Waals surface area contributed by atoms with Crippen LogP contribution in [0.3, 0.4) is 0 Å². The third kappa shape index (κ3) is 0.838. The van der Waals surface area contributed by atoms with Crippen LogP contribution in [0.15, 0.2) is 6.07 Å². The first-order valence-corrected chi connectivity index (χ1v) is 3.78. The van der Waals surface area contributed by atoms with E-state index in [1.807, 2.05) is 13.1 Å². The zero-order valence-corrected chi connectivity index (χ0v) is 6.17. The van der Waals surface area contributed by atoms with E-state index >= 15 is 0 Å². The van der Waals surface area contributed by atoms with Crippen LogP contribution in [0.4, 0.5) is 0 Å². The summed E-state index contributed by atoms with van der Waals surface area (Å²) in [6.45, 7) is 0. The van der Waals surface area contributed by atoms with Crippen molar-refractivity contribution in [1.29, 1.82) is 0 Å². The minimum absolute atomic E-state index is 0.748. The predicted molar refractivity (Wildman–Crippen MR) is 38.6 cm³/mol. The summed E-state index contributed by atoms with van der Waals surface area (Å²) in [5, 5.41) is 4.29. The summed E-state index contributed by atoms with van der Waals surface area (Å²) in [5.74, 6) is 0.748. The zero-order chi connectivity index (χ0) is 6.97. The Balaban J connectivity index is 2.17. The normalized spacial score (nSPS) is 18.9. The minimum atomic E-state index is 0.748. The highest BCUT2D eigenvalue weighted by molar-refractivity contribution is 5.08. The molecule has 0 amide bonds. The molecule has 0 aromatic carbocycles. The van der Waals surface area contributed by atoms with Gasteiger partial charge >= 0.3 is 0 Å². The van der Waals surface area contributed by atoms with E-state index in [-0.39, 0.29) is 0 Å². The van der Waals surface area contributed by atoms with Crippen LogP contribution in [-0.4, -0.2) is 9.78 Å².